The van der Waals surface area contributed by atoms with Gasteiger partial charge in [-0.3, -0.25) is 0 Å². The van der Waals surface area contributed by atoms with Crippen LogP contribution >= 0.6 is 34.8 Å². The standard InChI is InChI=1S/C11H12INS/c1-13(2)11(14)8-5-9-3-6-10(12)7-4-9/h3-8H,1-2H3/b8-5+. The number of rotatable bonds is 2. The minimum Gasteiger partial charge on any atom is -0.369 e. The number of thiocarbonyl (C=S) groups is 1. The quantitative estimate of drug-likeness (QED) is 0.468. The molecule has 1 nitrogen and oxygen atoms in total. The molecule has 1 rings (SSSR count). The Morgan fingerprint density at radius 1 is 1.29 bits per heavy atom. The first-order valence-corrected chi connectivity index (χ1v) is 5.73. The van der Waals surface area contributed by atoms with Gasteiger partial charge in [-0.1, -0.05) is 30.4 Å². The molecule has 74 valence electrons. The maximum atomic E-state index is 5.14. The molecule has 0 aromatic heterocycles. The van der Waals surface area contributed by atoms with Crippen molar-refractivity contribution in [3.63, 3.8) is 0 Å². The Kier molecular flexibility index (Phi) is 4.54. The van der Waals surface area contributed by atoms with Crippen molar-refractivity contribution < 1.29 is 0 Å². The van der Waals surface area contributed by atoms with Gasteiger partial charge < -0.3 is 4.90 Å². The number of likely N-dealkylation sites (N-methyl/N-ethyl adjacent to an activating group) is 1. The molecule has 0 radical (unpaired) electrons. The average molecular weight is 317 g/mol. The lowest BCUT2D eigenvalue weighted by atomic mass is 10.2. The minimum absolute atomic E-state index is 0.837. The molecule has 14 heavy (non-hydrogen) atoms. The van der Waals surface area contributed by atoms with Crippen LogP contribution in [0, 0.1) is 3.57 Å². The lowest BCUT2D eigenvalue weighted by Gasteiger charge is -2.08. The molecule has 0 bridgehead atoms. The second kappa shape index (κ2) is 5.46. The predicted molar refractivity (Wildman–Crippen MR) is 74.5 cm³/mol. The fourth-order valence-electron chi connectivity index (χ4n) is 0.890. The van der Waals surface area contributed by atoms with E-state index >= 15 is 0 Å². The van der Waals surface area contributed by atoms with Crippen molar-refractivity contribution in [1.29, 1.82) is 0 Å². The molecule has 1 aromatic rings. The van der Waals surface area contributed by atoms with Crippen molar-refractivity contribution in [3.05, 3.63) is 39.5 Å². The van der Waals surface area contributed by atoms with Gasteiger partial charge in [0.25, 0.3) is 0 Å². The summed E-state index contributed by atoms with van der Waals surface area (Å²) in [6, 6.07) is 8.32. The first-order chi connectivity index (χ1) is 6.59. The second-order valence-electron chi connectivity index (χ2n) is 3.12. The van der Waals surface area contributed by atoms with Crippen molar-refractivity contribution in [1.82, 2.24) is 4.90 Å². The summed E-state index contributed by atoms with van der Waals surface area (Å²) in [7, 11) is 3.89. The van der Waals surface area contributed by atoms with E-state index in [4.69, 9.17) is 12.2 Å². The third-order valence-electron chi connectivity index (χ3n) is 1.73. The number of nitrogens with zero attached hydrogens (tertiary/aromatic N) is 1. The van der Waals surface area contributed by atoms with Crippen LogP contribution in [0.3, 0.4) is 0 Å². The van der Waals surface area contributed by atoms with Gasteiger partial charge in [-0.2, -0.15) is 0 Å². The van der Waals surface area contributed by atoms with Gasteiger partial charge in [0.2, 0.25) is 0 Å². The van der Waals surface area contributed by atoms with E-state index in [9.17, 15) is 0 Å². The highest BCUT2D eigenvalue weighted by Gasteiger charge is 1.92. The Morgan fingerprint density at radius 3 is 2.36 bits per heavy atom. The van der Waals surface area contributed by atoms with Crippen LogP contribution in [0.25, 0.3) is 6.08 Å². The van der Waals surface area contributed by atoms with Gasteiger partial charge in [0.1, 0.15) is 4.99 Å². The van der Waals surface area contributed by atoms with E-state index in [1.807, 2.05) is 31.1 Å². The molecular weight excluding hydrogens is 305 g/mol. The molecule has 0 spiro atoms. The Balaban J connectivity index is 2.69. The molecule has 0 unspecified atom stereocenters. The molecular formula is C11H12INS. The summed E-state index contributed by atoms with van der Waals surface area (Å²) < 4.78 is 1.25. The van der Waals surface area contributed by atoms with Gasteiger partial charge in [0, 0.05) is 17.7 Å². The first kappa shape index (κ1) is 11.7. The van der Waals surface area contributed by atoms with Gasteiger partial charge in [-0.25, -0.2) is 0 Å². The smallest absolute Gasteiger partial charge is 0.101 e. The molecule has 3 heteroatoms. The highest BCUT2D eigenvalue weighted by molar-refractivity contribution is 14.1. The van der Waals surface area contributed by atoms with Crippen LogP contribution < -0.4 is 0 Å². The summed E-state index contributed by atoms with van der Waals surface area (Å²) in [5.41, 5.74) is 1.18. The molecule has 0 fully saturated rings. The van der Waals surface area contributed by atoms with E-state index in [2.05, 4.69) is 46.9 Å². The van der Waals surface area contributed by atoms with Crippen LogP contribution in [0.2, 0.25) is 0 Å². The Labute approximate surface area is 104 Å². The van der Waals surface area contributed by atoms with Crippen molar-refractivity contribution in [2.75, 3.05) is 14.1 Å². The molecule has 0 saturated carbocycles. The minimum atomic E-state index is 0.837. The molecule has 0 saturated heterocycles. The van der Waals surface area contributed by atoms with E-state index in [0.29, 0.717) is 0 Å². The van der Waals surface area contributed by atoms with Crippen molar-refractivity contribution in [3.8, 4) is 0 Å². The van der Waals surface area contributed by atoms with E-state index in [-0.39, 0.29) is 0 Å². The lowest BCUT2D eigenvalue weighted by molar-refractivity contribution is 0.639. The van der Waals surface area contributed by atoms with Gasteiger partial charge in [-0.15, -0.1) is 0 Å². The van der Waals surface area contributed by atoms with Gasteiger partial charge >= 0.3 is 0 Å². The summed E-state index contributed by atoms with van der Waals surface area (Å²) in [5, 5.41) is 0. The van der Waals surface area contributed by atoms with Crippen molar-refractivity contribution >= 4 is 45.9 Å². The summed E-state index contributed by atoms with van der Waals surface area (Å²) in [4.78, 5) is 2.75. The van der Waals surface area contributed by atoms with Crippen molar-refractivity contribution in [2.45, 2.75) is 0 Å². The summed E-state index contributed by atoms with van der Waals surface area (Å²) in [6.07, 6.45) is 3.97. The number of hydrogen-bond acceptors (Lipinski definition) is 1. The number of benzene rings is 1. The maximum absolute atomic E-state index is 5.14. The zero-order chi connectivity index (χ0) is 10.6. The SMILES string of the molecule is CN(C)C(=S)/C=C/c1ccc(I)cc1. The predicted octanol–water partition coefficient (Wildman–Crippen LogP) is 3.19. The topological polar surface area (TPSA) is 3.24 Å². The Hall–Kier alpha value is -0.420. The lowest BCUT2D eigenvalue weighted by Crippen LogP contribution is -2.16. The third kappa shape index (κ3) is 3.75. The van der Waals surface area contributed by atoms with Crippen LogP contribution in [0.1, 0.15) is 5.56 Å². The highest BCUT2D eigenvalue weighted by atomic mass is 127. The molecule has 0 amide bonds. The number of halogens is 1. The van der Waals surface area contributed by atoms with Gasteiger partial charge in [0.15, 0.2) is 0 Å². The van der Waals surface area contributed by atoms with Crippen LogP contribution in [-0.4, -0.2) is 24.0 Å². The molecule has 0 aliphatic carbocycles. The van der Waals surface area contributed by atoms with E-state index in [1.165, 1.54) is 9.13 Å². The zero-order valence-corrected chi connectivity index (χ0v) is 11.2. The summed E-state index contributed by atoms with van der Waals surface area (Å²) >= 11 is 7.43. The Morgan fingerprint density at radius 2 is 1.86 bits per heavy atom. The molecule has 0 aliphatic rings. The summed E-state index contributed by atoms with van der Waals surface area (Å²) in [5.74, 6) is 0. The maximum Gasteiger partial charge on any atom is 0.101 e. The normalized spacial score (nSPS) is 10.5. The van der Waals surface area contributed by atoms with E-state index in [1.54, 1.807) is 0 Å². The molecule has 0 atom stereocenters. The average Bonchev–Trinajstić information content (AvgIpc) is 2.16. The third-order valence-corrected chi connectivity index (χ3v) is 2.95. The molecule has 0 heterocycles. The van der Waals surface area contributed by atoms with Crippen molar-refractivity contribution in [2.24, 2.45) is 0 Å². The molecule has 0 aliphatic heterocycles. The summed E-state index contributed by atoms with van der Waals surface area (Å²) in [6.45, 7) is 0. The number of hydrogen-bond donors (Lipinski definition) is 0. The molecule has 1 aromatic carbocycles. The molecule has 0 N–H and O–H groups in total. The van der Waals surface area contributed by atoms with E-state index < -0.39 is 0 Å². The monoisotopic (exact) mass is 317 g/mol. The van der Waals surface area contributed by atoms with Crippen LogP contribution in [-0.2, 0) is 0 Å². The second-order valence-corrected chi connectivity index (χ2v) is 4.78. The fourth-order valence-corrected chi connectivity index (χ4v) is 1.32. The fraction of sp³-hybridized carbons (Fsp3) is 0.182. The van der Waals surface area contributed by atoms with Crippen LogP contribution in [0.4, 0.5) is 0 Å². The van der Waals surface area contributed by atoms with Crippen LogP contribution in [0.15, 0.2) is 30.3 Å². The van der Waals surface area contributed by atoms with Gasteiger partial charge in [0.05, 0.1) is 0 Å². The van der Waals surface area contributed by atoms with Gasteiger partial charge in [-0.05, 0) is 46.4 Å². The Bertz CT molecular complexity index is 341. The van der Waals surface area contributed by atoms with E-state index in [0.717, 1.165) is 4.99 Å². The van der Waals surface area contributed by atoms with Crippen LogP contribution in [0.5, 0.6) is 0 Å². The highest BCUT2D eigenvalue weighted by Crippen LogP contribution is 2.08. The largest absolute Gasteiger partial charge is 0.369 e. The first-order valence-electron chi connectivity index (χ1n) is 4.24. The zero-order valence-electron chi connectivity index (χ0n) is 8.20.